The average molecular weight is 480 g/mol. The van der Waals surface area contributed by atoms with Crippen molar-refractivity contribution in [2.45, 2.75) is 12.3 Å². The van der Waals surface area contributed by atoms with E-state index in [9.17, 15) is 10.1 Å². The molecule has 156 valence electrons. The van der Waals surface area contributed by atoms with Crippen molar-refractivity contribution in [3.63, 3.8) is 0 Å². The van der Waals surface area contributed by atoms with Gasteiger partial charge in [-0.1, -0.05) is 15.9 Å². The fraction of sp³-hybridized carbons (Fsp3) is 0.130. The molecule has 2 atom stereocenters. The lowest BCUT2D eigenvalue weighted by atomic mass is 10.0. The smallest absolute Gasteiger partial charge is 0.269 e. The summed E-state index contributed by atoms with van der Waals surface area (Å²) in [5.74, 6) is 1.57. The van der Waals surface area contributed by atoms with E-state index in [4.69, 9.17) is 9.47 Å². The number of hydrogen-bond acceptors (Lipinski definition) is 6. The number of rotatable bonds is 4. The highest BCUT2D eigenvalue weighted by atomic mass is 79.9. The summed E-state index contributed by atoms with van der Waals surface area (Å²) in [5, 5.41) is 13.1. The van der Waals surface area contributed by atoms with Crippen molar-refractivity contribution in [1.82, 2.24) is 10.4 Å². The Morgan fingerprint density at radius 3 is 2.52 bits per heavy atom. The van der Waals surface area contributed by atoms with Crippen molar-refractivity contribution < 1.29 is 14.4 Å². The second-order valence-corrected chi connectivity index (χ2v) is 8.19. The van der Waals surface area contributed by atoms with E-state index in [1.54, 1.807) is 19.2 Å². The molecule has 0 radical (unpaired) electrons. The van der Waals surface area contributed by atoms with Crippen molar-refractivity contribution in [2.75, 3.05) is 7.11 Å². The van der Waals surface area contributed by atoms with E-state index >= 15 is 0 Å². The topological polar surface area (TPSA) is 76.9 Å². The fourth-order valence-electron chi connectivity index (χ4n) is 3.88. The lowest BCUT2D eigenvalue weighted by Gasteiger charge is -2.39. The molecule has 0 spiro atoms. The minimum absolute atomic E-state index is 0.0480. The predicted octanol–water partition coefficient (Wildman–Crippen LogP) is 5.36. The highest BCUT2D eigenvalue weighted by molar-refractivity contribution is 9.10. The van der Waals surface area contributed by atoms with Gasteiger partial charge in [0.05, 0.1) is 23.8 Å². The highest BCUT2D eigenvalue weighted by Gasteiger charge is 2.40. The van der Waals surface area contributed by atoms with Crippen LogP contribution >= 0.6 is 15.9 Å². The molecular weight excluding hydrogens is 462 g/mol. The van der Waals surface area contributed by atoms with Crippen LogP contribution in [0.3, 0.4) is 0 Å². The number of nitro groups is 1. The van der Waals surface area contributed by atoms with Crippen molar-refractivity contribution in [1.29, 1.82) is 0 Å². The SMILES string of the molecule is COc1ccc(C2=CC3c4cc(Br)ccc4OC(c4ccc([N+](=O)[O-])cc4)N3N2)cc1. The van der Waals surface area contributed by atoms with Gasteiger partial charge in [-0.2, -0.15) is 5.01 Å². The van der Waals surface area contributed by atoms with Crippen LogP contribution in [0.15, 0.2) is 77.3 Å². The van der Waals surface area contributed by atoms with Gasteiger partial charge in [-0.3, -0.25) is 10.1 Å². The average Bonchev–Trinajstić information content (AvgIpc) is 3.24. The number of benzene rings is 3. The van der Waals surface area contributed by atoms with Gasteiger partial charge in [0, 0.05) is 27.7 Å². The number of methoxy groups -OCH3 is 1. The number of hydrazine groups is 1. The molecule has 2 heterocycles. The van der Waals surface area contributed by atoms with Crippen LogP contribution in [-0.4, -0.2) is 17.0 Å². The van der Waals surface area contributed by atoms with E-state index in [-0.39, 0.29) is 11.7 Å². The maximum Gasteiger partial charge on any atom is 0.269 e. The first-order valence-corrected chi connectivity index (χ1v) is 10.4. The number of nitrogens with one attached hydrogen (secondary N) is 1. The van der Waals surface area contributed by atoms with Crippen LogP contribution in [0.4, 0.5) is 5.69 Å². The van der Waals surface area contributed by atoms with E-state index in [0.29, 0.717) is 0 Å². The zero-order valence-electron chi connectivity index (χ0n) is 16.5. The predicted molar refractivity (Wildman–Crippen MR) is 119 cm³/mol. The van der Waals surface area contributed by atoms with Crippen LogP contribution in [0, 0.1) is 10.1 Å². The molecule has 0 saturated carbocycles. The van der Waals surface area contributed by atoms with Crippen molar-refractivity contribution >= 4 is 27.3 Å². The molecule has 8 heteroatoms. The number of nitrogens with zero attached hydrogens (tertiary/aromatic N) is 2. The number of non-ortho nitro benzene ring substituents is 1. The molecule has 0 bridgehead atoms. The monoisotopic (exact) mass is 479 g/mol. The van der Waals surface area contributed by atoms with Crippen LogP contribution in [0.1, 0.15) is 29.0 Å². The molecule has 0 aliphatic carbocycles. The van der Waals surface area contributed by atoms with Crippen LogP contribution in [0.5, 0.6) is 11.5 Å². The Kier molecular flexibility index (Phi) is 4.88. The van der Waals surface area contributed by atoms with Gasteiger partial charge < -0.3 is 14.9 Å². The molecule has 0 fully saturated rings. The summed E-state index contributed by atoms with van der Waals surface area (Å²) in [7, 11) is 1.64. The van der Waals surface area contributed by atoms with Gasteiger partial charge in [0.15, 0.2) is 6.23 Å². The number of hydrogen-bond donors (Lipinski definition) is 1. The normalized spacial score (nSPS) is 19.5. The third-order valence-corrected chi connectivity index (χ3v) is 5.94. The number of nitro benzene ring substituents is 1. The third-order valence-electron chi connectivity index (χ3n) is 5.45. The molecule has 31 heavy (non-hydrogen) atoms. The number of halogens is 1. The molecule has 1 N–H and O–H groups in total. The van der Waals surface area contributed by atoms with Crippen molar-refractivity contribution in [2.24, 2.45) is 0 Å². The maximum atomic E-state index is 11.0. The van der Waals surface area contributed by atoms with E-state index in [1.165, 1.54) is 12.1 Å². The number of ether oxygens (including phenoxy) is 2. The van der Waals surface area contributed by atoms with Crippen LogP contribution < -0.4 is 14.9 Å². The first kappa shape index (κ1) is 19.6. The first-order valence-electron chi connectivity index (χ1n) is 9.65. The summed E-state index contributed by atoms with van der Waals surface area (Å²) in [6, 6.07) is 20.2. The summed E-state index contributed by atoms with van der Waals surface area (Å²) in [4.78, 5) is 10.6. The maximum absolute atomic E-state index is 11.0. The quantitative estimate of drug-likeness (QED) is 0.400. The number of fused-ring (bicyclic) bond motifs is 3. The van der Waals surface area contributed by atoms with Gasteiger partial charge in [0.1, 0.15) is 11.5 Å². The summed E-state index contributed by atoms with van der Waals surface area (Å²) in [6.45, 7) is 0. The van der Waals surface area contributed by atoms with Crippen LogP contribution in [0.2, 0.25) is 0 Å². The zero-order chi connectivity index (χ0) is 21.5. The zero-order valence-corrected chi connectivity index (χ0v) is 18.1. The van der Waals surface area contributed by atoms with Gasteiger partial charge in [0.25, 0.3) is 5.69 Å². The van der Waals surface area contributed by atoms with E-state index in [1.807, 2.05) is 47.5 Å². The standard InChI is InChI=1S/C23H18BrN3O4/c1-30-18-9-4-14(5-10-18)20-13-21-19-12-16(24)6-11-22(19)31-23(26(21)25-20)15-2-7-17(8-3-15)27(28)29/h2-13,21,23,25H,1H3. The minimum Gasteiger partial charge on any atom is -0.497 e. The fourth-order valence-corrected chi connectivity index (χ4v) is 4.26. The second-order valence-electron chi connectivity index (χ2n) is 7.27. The van der Waals surface area contributed by atoms with Gasteiger partial charge >= 0.3 is 0 Å². The minimum atomic E-state index is -0.452. The van der Waals surface area contributed by atoms with Crippen molar-refractivity contribution in [3.8, 4) is 11.5 Å². The Labute approximate surface area is 187 Å². The third kappa shape index (κ3) is 3.54. The van der Waals surface area contributed by atoms with Crippen LogP contribution in [0.25, 0.3) is 5.70 Å². The Hall–Kier alpha value is -3.36. The summed E-state index contributed by atoms with van der Waals surface area (Å²) in [6.07, 6.45) is 1.71. The Morgan fingerprint density at radius 2 is 1.84 bits per heavy atom. The summed E-state index contributed by atoms with van der Waals surface area (Å²) >= 11 is 3.55. The molecule has 7 nitrogen and oxygen atoms in total. The Balaban J connectivity index is 1.54. The Bertz CT molecular complexity index is 1180. The van der Waals surface area contributed by atoms with Crippen molar-refractivity contribution in [3.05, 3.63) is 104 Å². The molecule has 2 aliphatic rings. The van der Waals surface area contributed by atoms with Gasteiger partial charge in [-0.05, 0) is 66.2 Å². The molecule has 0 amide bonds. The highest BCUT2D eigenvalue weighted by Crippen LogP contribution is 2.46. The lowest BCUT2D eigenvalue weighted by Crippen LogP contribution is -2.43. The Morgan fingerprint density at radius 1 is 1.10 bits per heavy atom. The van der Waals surface area contributed by atoms with Gasteiger partial charge in [0.2, 0.25) is 0 Å². The molecule has 3 aromatic rings. The molecule has 3 aromatic carbocycles. The molecule has 2 unspecified atom stereocenters. The van der Waals surface area contributed by atoms with E-state index in [2.05, 4.69) is 27.4 Å². The van der Waals surface area contributed by atoms with Crippen LogP contribution in [-0.2, 0) is 0 Å². The molecular formula is C23H18BrN3O4. The summed E-state index contributed by atoms with van der Waals surface area (Å²) < 4.78 is 12.6. The van der Waals surface area contributed by atoms with Gasteiger partial charge in [-0.25, -0.2) is 0 Å². The van der Waals surface area contributed by atoms with Gasteiger partial charge in [-0.15, -0.1) is 0 Å². The molecule has 5 rings (SSSR count). The molecule has 2 aliphatic heterocycles. The first-order chi connectivity index (χ1) is 15.0. The molecule has 0 aromatic heterocycles. The molecule has 0 saturated heterocycles. The lowest BCUT2D eigenvalue weighted by molar-refractivity contribution is -0.384. The van der Waals surface area contributed by atoms with E-state index in [0.717, 1.165) is 38.4 Å². The largest absolute Gasteiger partial charge is 0.497 e. The summed E-state index contributed by atoms with van der Waals surface area (Å²) in [5.41, 5.74) is 7.35. The second kappa shape index (κ2) is 7.72. The van der Waals surface area contributed by atoms with E-state index < -0.39 is 11.2 Å².